The van der Waals surface area contributed by atoms with Crippen LogP contribution in [0.4, 0.5) is 27.1 Å². The van der Waals surface area contributed by atoms with E-state index in [0.29, 0.717) is 234 Å². The number of amides is 4. The number of nitrogens with zero attached hydrogens (tertiary/aromatic N) is 12. The molecular weight excluding hydrogens is 1870 g/mol. The number of rotatable bonds is 17. The van der Waals surface area contributed by atoms with Crippen molar-refractivity contribution in [1.82, 2.24) is 37.9 Å². The number of pyridine rings is 4. The number of esters is 4. The van der Waals surface area contributed by atoms with Crippen LogP contribution in [-0.2, 0) is 47.1 Å². The Bertz CT molecular complexity index is 6630. The van der Waals surface area contributed by atoms with Gasteiger partial charge in [-0.15, -0.1) is 0 Å². The van der Waals surface area contributed by atoms with Crippen LogP contribution in [0, 0.1) is 5.82 Å². The van der Waals surface area contributed by atoms with Gasteiger partial charge in [0.25, 0.3) is 45.9 Å². The number of carbonyl (C=O) groups excluding carboxylic acids is 8. The summed E-state index contributed by atoms with van der Waals surface area (Å²) in [7, 11) is 8.03. The fourth-order valence-electron chi connectivity index (χ4n) is 16.7. The molecule has 4 fully saturated rings. The van der Waals surface area contributed by atoms with Crippen molar-refractivity contribution < 1.29 is 66.4 Å². The van der Waals surface area contributed by atoms with E-state index in [1.54, 1.807) is 222 Å². The van der Waals surface area contributed by atoms with Gasteiger partial charge in [0.05, 0.1) is 88.4 Å². The van der Waals surface area contributed by atoms with Gasteiger partial charge in [-0.2, -0.15) is 0 Å². The highest BCUT2D eigenvalue weighted by Gasteiger charge is 2.37. The van der Waals surface area contributed by atoms with Crippen LogP contribution in [0.5, 0.6) is 5.75 Å². The smallest absolute Gasteiger partial charge is 0.345 e. The molecule has 37 heteroatoms. The van der Waals surface area contributed by atoms with Crippen molar-refractivity contribution in [3.63, 3.8) is 0 Å². The topological polar surface area (TPSA) is 297 Å². The fraction of sp³-hybridized carbons (Fsp3) is 0.299. The predicted octanol–water partition coefficient (Wildman–Crippen LogP) is 15.4. The maximum atomic E-state index is 13.2. The molecule has 0 bridgehead atoms. The summed E-state index contributed by atoms with van der Waals surface area (Å²) in [5, 5.41) is 5.91. The fourth-order valence-corrected chi connectivity index (χ4v) is 17.8. The molecule has 4 amide bonds. The zero-order chi connectivity index (χ0) is 96.4. The molecule has 0 radical (unpaired) electrons. The first-order chi connectivity index (χ1) is 64.2. The van der Waals surface area contributed by atoms with Crippen molar-refractivity contribution in [3.05, 3.63) is 291 Å². The van der Waals surface area contributed by atoms with E-state index in [1.807, 2.05) is 19.6 Å². The summed E-state index contributed by atoms with van der Waals surface area (Å²) in [5.41, 5.74) is 4.62. The SMILES string of the molecule is CCOC(=O)c1c(N2CCN(C(=O)c3ccc(Cl)c(Cl)c3)CC2)c2cc(Cl)ccc2n(C)c1=O.CCOC(=O)c1c(N2CCN(C(=O)c3ccc(Cl)cc3)CC2)c2cc(Cl)ccc2n(C)c1=O.CCOC(=O)c1c(N2CCN(C(=O)c3ccc(F)cc3)CC2)c2cc(Cl)ccc2n(C)c1=O.CCOC(=O)c1c(N2CCN(C(=O)c3ccc(OC)cc3)CC2)c2cc(Cl)ccc2n(C)c1=O. The highest BCUT2D eigenvalue weighted by molar-refractivity contribution is 6.42. The van der Waals surface area contributed by atoms with E-state index in [0.717, 1.165) is 0 Å². The van der Waals surface area contributed by atoms with Gasteiger partial charge in [-0.05, 0) is 191 Å². The molecule has 8 heterocycles. The number of benzene rings is 8. The quantitative estimate of drug-likeness (QED) is 0.0604. The molecule has 0 spiro atoms. The summed E-state index contributed by atoms with van der Waals surface area (Å²) in [6.45, 7) is 14.0. The van der Waals surface area contributed by atoms with Gasteiger partial charge in [0.2, 0.25) is 0 Å². The third-order valence-electron chi connectivity index (χ3n) is 23.5. The lowest BCUT2D eigenvalue weighted by Crippen LogP contribution is -2.49. The van der Waals surface area contributed by atoms with Crippen LogP contribution < -0.4 is 46.6 Å². The van der Waals surface area contributed by atoms with Gasteiger partial charge < -0.3 is 81.2 Å². The molecule has 134 heavy (non-hydrogen) atoms. The lowest BCUT2D eigenvalue weighted by Gasteiger charge is -2.37. The van der Waals surface area contributed by atoms with Gasteiger partial charge in [0, 0.05) is 202 Å². The van der Waals surface area contributed by atoms with E-state index >= 15 is 0 Å². The standard InChI is InChI=1S/C25H26ClN3O5.C24H22Cl3N3O4.C24H23Cl2N3O4.C24H23ClFN3O4/c1-4-34-25(32)21-22(19-15-17(26)7-10-20(19)27(2)24(21)31)28-11-13-29(14-12-28)23(30)16-5-8-18(33-3)9-6-16;1-3-34-24(33)20-21(16-13-15(25)5-7-19(16)28(2)23(20)32)29-8-10-30(11-9-29)22(31)14-4-6-17(26)18(27)12-14;1-3-33-24(32)20-21(18-14-17(26)8-9-19(18)27(2)23(20)31)28-10-12-29(13-11-28)22(30)15-4-6-16(25)7-5-15;1-3-33-24(32)20-21(18-14-16(25)6-9-19(18)27(2)23(20)31)28-10-12-29(13-11-28)22(30)15-4-7-17(26)8-5-15/h5-10,15H,4,11-14H2,1-3H3;4-7,12-13H,3,8-11H2,1-2H3;2*4-9,14H,3,10-13H2,1-2H3. The Labute approximate surface area is 804 Å². The molecule has 4 saturated heterocycles. The third kappa shape index (κ3) is 21.3. The van der Waals surface area contributed by atoms with Gasteiger partial charge in [-0.1, -0.05) is 81.2 Å². The van der Waals surface area contributed by atoms with Gasteiger partial charge in [-0.25, -0.2) is 23.6 Å². The monoisotopic (exact) mass is 1960 g/mol. The molecule has 4 aliphatic heterocycles. The Morgan fingerprint density at radius 3 is 0.769 bits per heavy atom. The maximum absolute atomic E-state index is 13.2. The summed E-state index contributed by atoms with van der Waals surface area (Å²) < 4.78 is 44.9. The number of aromatic nitrogens is 4. The van der Waals surface area contributed by atoms with E-state index in [-0.39, 0.29) is 72.3 Å². The van der Waals surface area contributed by atoms with Crippen molar-refractivity contribution in [2.24, 2.45) is 28.2 Å². The van der Waals surface area contributed by atoms with Gasteiger partial charge in [0.1, 0.15) is 33.8 Å². The highest BCUT2D eigenvalue weighted by Crippen LogP contribution is 2.39. The van der Waals surface area contributed by atoms with Crippen LogP contribution >= 0.6 is 81.2 Å². The lowest BCUT2D eigenvalue weighted by atomic mass is 10.1. The Hall–Kier alpha value is -12.7. The van der Waals surface area contributed by atoms with Crippen LogP contribution in [0.1, 0.15) is 111 Å². The van der Waals surface area contributed by atoms with E-state index in [1.165, 1.54) is 42.5 Å². The van der Waals surface area contributed by atoms with Gasteiger partial charge >= 0.3 is 23.9 Å². The molecule has 4 aromatic heterocycles. The van der Waals surface area contributed by atoms with Gasteiger partial charge in [0.15, 0.2) is 0 Å². The average Bonchev–Trinajstić information content (AvgIpc) is 0.759. The summed E-state index contributed by atoms with van der Waals surface area (Å²) in [6.07, 6.45) is 0. The Kier molecular flexibility index (Phi) is 32.1. The maximum Gasteiger partial charge on any atom is 0.345 e. The Balaban J connectivity index is 0.000000152. The minimum absolute atomic E-state index is 0.0194. The number of carbonyl (C=O) groups is 8. The van der Waals surface area contributed by atoms with E-state index in [4.69, 9.17) is 105 Å². The summed E-state index contributed by atoms with van der Waals surface area (Å²) in [6, 6.07) is 44.8. The van der Waals surface area contributed by atoms with Crippen LogP contribution in [-0.4, -0.2) is 224 Å². The molecule has 8 aromatic carbocycles. The highest BCUT2D eigenvalue weighted by atomic mass is 35.5. The number of hydrogen-bond donors (Lipinski definition) is 0. The zero-order valence-electron chi connectivity index (χ0n) is 74.6. The first-order valence-corrected chi connectivity index (χ1v) is 45.6. The first-order valence-electron chi connectivity index (χ1n) is 43.0. The minimum atomic E-state index is -0.695. The second kappa shape index (κ2) is 43.6. The first kappa shape index (κ1) is 98.8. The van der Waals surface area contributed by atoms with Crippen molar-refractivity contribution in [2.75, 3.05) is 158 Å². The van der Waals surface area contributed by atoms with Crippen molar-refractivity contribution in [2.45, 2.75) is 27.7 Å². The summed E-state index contributed by atoms with van der Waals surface area (Å²) in [4.78, 5) is 170. The third-order valence-corrected chi connectivity index (χ3v) is 25.4. The van der Waals surface area contributed by atoms with Gasteiger partial charge in [-0.3, -0.25) is 38.4 Å². The molecule has 4 aliphatic rings. The predicted molar refractivity (Wildman–Crippen MR) is 520 cm³/mol. The summed E-state index contributed by atoms with van der Waals surface area (Å²) >= 11 is 43.1. The van der Waals surface area contributed by atoms with Crippen LogP contribution in [0.2, 0.25) is 35.2 Å². The molecule has 700 valence electrons. The summed E-state index contributed by atoms with van der Waals surface area (Å²) in [5.74, 6) is -2.97. The number of hydrogen-bond acceptors (Lipinski definition) is 21. The van der Waals surface area contributed by atoms with E-state index < -0.39 is 51.9 Å². The van der Waals surface area contributed by atoms with Crippen LogP contribution in [0.15, 0.2) is 183 Å². The molecule has 0 N–H and O–H groups in total. The average molecular weight is 1970 g/mol. The molecule has 0 unspecified atom stereocenters. The Morgan fingerprint density at radius 2 is 0.522 bits per heavy atom. The van der Waals surface area contributed by atoms with Crippen LogP contribution in [0.3, 0.4) is 0 Å². The number of anilines is 4. The number of fused-ring (bicyclic) bond motifs is 4. The Morgan fingerprint density at radius 1 is 0.291 bits per heavy atom. The number of piperazine rings is 4. The molecule has 16 rings (SSSR count). The second-order valence-electron chi connectivity index (χ2n) is 31.4. The molecule has 0 saturated carbocycles. The van der Waals surface area contributed by atoms with Crippen molar-refractivity contribution in [3.8, 4) is 5.75 Å². The van der Waals surface area contributed by atoms with Crippen molar-refractivity contribution in [1.29, 1.82) is 0 Å². The number of methoxy groups -OCH3 is 1. The van der Waals surface area contributed by atoms with Crippen molar-refractivity contribution >= 4 is 195 Å². The molecule has 0 atom stereocenters. The lowest BCUT2D eigenvalue weighted by molar-refractivity contribution is 0.0514. The minimum Gasteiger partial charge on any atom is -0.497 e. The largest absolute Gasteiger partial charge is 0.497 e. The normalized spacial score (nSPS) is 13.9. The molecule has 0 aliphatic carbocycles. The second-order valence-corrected chi connectivity index (χ2v) is 34.4. The van der Waals surface area contributed by atoms with E-state index in [9.17, 15) is 61.9 Å². The number of ether oxygens (including phenoxy) is 5. The number of aryl methyl sites for hydroxylation is 4. The molecule has 29 nitrogen and oxygen atoms in total. The van der Waals surface area contributed by atoms with E-state index in [2.05, 4.69) is 0 Å². The zero-order valence-corrected chi connectivity index (χ0v) is 79.9. The molecule has 12 aromatic rings. The molecular formula is C97H94Cl7FN12O17. The number of halogens is 8. The van der Waals surface area contributed by atoms with Crippen LogP contribution in [0.25, 0.3) is 43.6 Å².